The summed E-state index contributed by atoms with van der Waals surface area (Å²) in [4.78, 5) is 18.8. The number of hydrogen-bond donors (Lipinski definition) is 2. The molecule has 0 radical (unpaired) electrons. The molecule has 4 aromatic rings. The Kier molecular flexibility index (Phi) is 32.0. The Labute approximate surface area is 425 Å². The predicted molar refractivity (Wildman–Crippen MR) is 298 cm³/mol. The third-order valence-corrected chi connectivity index (χ3v) is 13.2. The second-order valence-electron chi connectivity index (χ2n) is 19.5. The van der Waals surface area contributed by atoms with E-state index in [1.54, 1.807) is 18.5 Å². The lowest BCUT2D eigenvalue weighted by atomic mass is 10.0. The van der Waals surface area contributed by atoms with Crippen LogP contribution in [0.4, 0.5) is 11.6 Å². The maximum absolute atomic E-state index is 6.02. The van der Waals surface area contributed by atoms with Crippen LogP contribution in [0.3, 0.4) is 0 Å². The van der Waals surface area contributed by atoms with Gasteiger partial charge in [0, 0.05) is 11.6 Å². The number of unbranched alkanes of at least 4 members (excludes halogenated alkanes) is 30. The van der Waals surface area contributed by atoms with Gasteiger partial charge in [0.15, 0.2) is 17.5 Å². The lowest BCUT2D eigenvalue weighted by molar-refractivity contribution is 0.303. The molecule has 0 unspecified atom stereocenters. The third kappa shape index (κ3) is 26.9. The van der Waals surface area contributed by atoms with E-state index in [1.165, 1.54) is 193 Å². The van der Waals surface area contributed by atoms with Gasteiger partial charge >= 0.3 is 0 Å². The molecule has 4 rings (SSSR count). The quantitative estimate of drug-likeness (QED) is 0.0256. The Morgan fingerprint density at radius 2 is 0.743 bits per heavy atom. The molecule has 0 fully saturated rings. The van der Waals surface area contributed by atoms with Gasteiger partial charge in [0.05, 0.1) is 48.4 Å². The van der Waals surface area contributed by atoms with Crippen LogP contribution in [0.5, 0.6) is 11.5 Å². The molecule has 0 saturated heterocycles. The average molecular weight is 959 g/mol. The van der Waals surface area contributed by atoms with Gasteiger partial charge in [0.1, 0.15) is 11.5 Å². The van der Waals surface area contributed by atoms with Crippen molar-refractivity contribution in [2.45, 2.75) is 233 Å². The lowest BCUT2D eigenvalue weighted by Crippen LogP contribution is -2.07. The summed E-state index contributed by atoms with van der Waals surface area (Å²) >= 11 is 0. The number of benzene rings is 1. The fourth-order valence-electron chi connectivity index (χ4n) is 8.71. The van der Waals surface area contributed by atoms with Crippen molar-refractivity contribution in [3.63, 3.8) is 0 Å². The molecule has 2 N–H and O–H groups in total. The zero-order valence-electron chi connectivity index (χ0n) is 44.5. The van der Waals surface area contributed by atoms with Crippen LogP contribution in [0.25, 0.3) is 11.4 Å². The molecule has 3 aromatic heterocycles. The van der Waals surface area contributed by atoms with Crippen LogP contribution in [0.15, 0.2) is 83.3 Å². The molecule has 386 valence electrons. The Balaban J connectivity index is 1.11. The van der Waals surface area contributed by atoms with Gasteiger partial charge in [-0.05, 0) is 51.0 Å². The molecular weight excluding hydrogens is 865 g/mol. The van der Waals surface area contributed by atoms with Crippen LogP contribution >= 0.6 is 0 Å². The minimum Gasteiger partial charge on any atom is -0.492 e. The highest BCUT2D eigenvalue weighted by molar-refractivity contribution is 5.98. The van der Waals surface area contributed by atoms with Crippen LogP contribution in [-0.4, -0.2) is 44.6 Å². The molecule has 10 nitrogen and oxygen atoms in total. The maximum Gasteiger partial charge on any atom is 0.163 e. The zero-order chi connectivity index (χ0) is 49.4. The number of aromatic nitrogens is 4. The van der Waals surface area contributed by atoms with E-state index in [0.29, 0.717) is 30.7 Å². The summed E-state index contributed by atoms with van der Waals surface area (Å²) < 4.78 is 12.0. The number of hydrazone groups is 2. The molecule has 1 aromatic carbocycles. The van der Waals surface area contributed by atoms with Crippen LogP contribution < -0.4 is 20.3 Å². The minimum absolute atomic E-state index is 0.520. The summed E-state index contributed by atoms with van der Waals surface area (Å²) in [7, 11) is 0. The number of anilines is 2. The van der Waals surface area contributed by atoms with E-state index >= 15 is 0 Å². The van der Waals surface area contributed by atoms with Crippen molar-refractivity contribution in [1.29, 1.82) is 0 Å². The molecule has 0 aliphatic heterocycles. The van der Waals surface area contributed by atoms with Gasteiger partial charge in [-0.1, -0.05) is 237 Å². The highest BCUT2D eigenvalue weighted by Gasteiger charge is 2.09. The standard InChI is InChI=1S/C60H94N8O2/c1-5-7-9-11-13-15-17-19-21-23-25-27-29-31-33-38-46-69-54-42-44-56(61-49-54)51(3)65-67-58-48-59(64-60(63-58)53-40-36-35-37-41-53)68-66-52(4)57-45-43-55(50-62-57)70-47-39-34-32-30-28-26-24-22-20-18-16-14-12-10-8-6-2/h35-37,40-45,48-50H,5-34,38-39,46-47H2,1-4H3,(H2,63,64,67,68)/b65-51+,66-52+. The molecule has 0 bridgehead atoms. The Morgan fingerprint density at radius 1 is 0.414 bits per heavy atom. The average Bonchev–Trinajstić information content (AvgIpc) is 3.39. The summed E-state index contributed by atoms with van der Waals surface area (Å²) in [6.45, 7) is 9.84. The number of nitrogens with one attached hydrogen (secondary N) is 2. The van der Waals surface area contributed by atoms with E-state index in [2.05, 4.69) is 44.9 Å². The van der Waals surface area contributed by atoms with Gasteiger partial charge in [0.2, 0.25) is 0 Å². The molecule has 0 aliphatic carbocycles. The van der Waals surface area contributed by atoms with E-state index in [-0.39, 0.29) is 0 Å². The first-order valence-electron chi connectivity index (χ1n) is 28.3. The molecule has 0 spiro atoms. The molecule has 0 amide bonds. The molecule has 0 saturated carbocycles. The fraction of sp³-hybridized carbons (Fsp3) is 0.633. The van der Waals surface area contributed by atoms with E-state index in [9.17, 15) is 0 Å². The third-order valence-electron chi connectivity index (χ3n) is 13.2. The molecular formula is C60H94N8O2. The Bertz CT molecular complexity index is 1820. The first kappa shape index (κ1) is 57.7. The van der Waals surface area contributed by atoms with Crippen molar-refractivity contribution in [2.24, 2.45) is 10.2 Å². The zero-order valence-corrected chi connectivity index (χ0v) is 44.5. The van der Waals surface area contributed by atoms with E-state index < -0.39 is 0 Å². The topological polar surface area (TPSA) is 119 Å². The highest BCUT2D eigenvalue weighted by atomic mass is 16.5. The predicted octanol–water partition coefficient (Wildman–Crippen LogP) is 17.9. The SMILES string of the molecule is CCCCCCCCCCCCCCCCCCOc1ccc(/C(C)=N/Nc2cc(N/N=C(\C)c3ccc(OCCCCCCCCCCCCCCCCCC)cn3)nc(-c3ccccc3)n2)nc1. The molecule has 0 aliphatic rings. The summed E-state index contributed by atoms with van der Waals surface area (Å²) in [6, 6.07) is 19.5. The number of hydrogen-bond acceptors (Lipinski definition) is 10. The molecule has 10 heteroatoms. The first-order valence-corrected chi connectivity index (χ1v) is 28.3. The second kappa shape index (κ2) is 38.8. The van der Waals surface area contributed by atoms with Crippen molar-refractivity contribution < 1.29 is 9.47 Å². The first-order chi connectivity index (χ1) is 34.6. The van der Waals surface area contributed by atoms with Crippen LogP contribution in [0.1, 0.15) is 245 Å². The van der Waals surface area contributed by atoms with Gasteiger partial charge in [-0.3, -0.25) is 20.8 Å². The van der Waals surface area contributed by atoms with Crippen molar-refractivity contribution in [3.05, 3.63) is 84.4 Å². The van der Waals surface area contributed by atoms with Gasteiger partial charge in [-0.25, -0.2) is 9.97 Å². The summed E-state index contributed by atoms with van der Waals surface area (Å²) in [5, 5.41) is 9.25. The van der Waals surface area contributed by atoms with Gasteiger partial charge in [-0.2, -0.15) is 10.2 Å². The van der Waals surface area contributed by atoms with Gasteiger partial charge < -0.3 is 9.47 Å². The van der Waals surface area contributed by atoms with Crippen molar-refractivity contribution in [1.82, 2.24) is 19.9 Å². The largest absolute Gasteiger partial charge is 0.492 e. The van der Waals surface area contributed by atoms with Crippen LogP contribution in [0, 0.1) is 0 Å². The fourth-order valence-corrected chi connectivity index (χ4v) is 8.71. The van der Waals surface area contributed by atoms with E-state index in [0.717, 1.165) is 52.7 Å². The van der Waals surface area contributed by atoms with Crippen molar-refractivity contribution in [2.75, 3.05) is 24.1 Å². The molecule has 70 heavy (non-hydrogen) atoms. The minimum atomic E-state index is 0.520. The Morgan fingerprint density at radius 3 is 1.06 bits per heavy atom. The monoisotopic (exact) mass is 959 g/mol. The number of nitrogens with zero attached hydrogens (tertiary/aromatic N) is 6. The Hall–Kier alpha value is -4.86. The van der Waals surface area contributed by atoms with Gasteiger partial charge in [-0.15, -0.1) is 0 Å². The van der Waals surface area contributed by atoms with E-state index in [1.807, 2.05) is 68.4 Å². The smallest absolute Gasteiger partial charge is 0.163 e. The van der Waals surface area contributed by atoms with Gasteiger partial charge in [0.25, 0.3) is 0 Å². The summed E-state index contributed by atoms with van der Waals surface area (Å²) in [5.74, 6) is 3.14. The van der Waals surface area contributed by atoms with Crippen LogP contribution in [-0.2, 0) is 0 Å². The van der Waals surface area contributed by atoms with Crippen LogP contribution in [0.2, 0.25) is 0 Å². The highest BCUT2D eigenvalue weighted by Crippen LogP contribution is 2.22. The van der Waals surface area contributed by atoms with Crippen molar-refractivity contribution >= 4 is 23.1 Å². The molecule has 3 heterocycles. The number of pyridine rings is 2. The second-order valence-corrected chi connectivity index (χ2v) is 19.5. The lowest BCUT2D eigenvalue weighted by Gasteiger charge is -2.10. The normalized spacial score (nSPS) is 11.8. The number of rotatable bonds is 43. The number of ether oxygens (including phenoxy) is 2. The van der Waals surface area contributed by atoms with Crippen molar-refractivity contribution in [3.8, 4) is 22.9 Å². The summed E-state index contributed by atoms with van der Waals surface area (Å²) in [5.41, 5.74) is 10.1. The van der Waals surface area contributed by atoms with E-state index in [4.69, 9.17) is 19.4 Å². The molecule has 0 atom stereocenters. The maximum atomic E-state index is 6.02. The summed E-state index contributed by atoms with van der Waals surface area (Å²) in [6.07, 6.45) is 47.1.